The minimum absolute atomic E-state index is 0.549. The maximum atomic E-state index is 5.54. The molecular weight excluding hydrogens is 524 g/mol. The van der Waals surface area contributed by atoms with E-state index in [1.54, 1.807) is 0 Å². The van der Waals surface area contributed by atoms with E-state index in [1.807, 2.05) is 0 Å². The number of hydrogen-bond donors (Lipinski definition) is 1. The van der Waals surface area contributed by atoms with E-state index in [2.05, 4.69) is 54.0 Å². The molecule has 232 valence electrons. The molecule has 0 bridgehead atoms. The van der Waals surface area contributed by atoms with E-state index < -0.39 is 0 Å². The molecule has 2 heterocycles. The Balaban J connectivity index is 1.38. The number of fused-ring (bicyclic) bond motifs is 2. The van der Waals surface area contributed by atoms with E-state index in [0.717, 1.165) is 5.52 Å². The van der Waals surface area contributed by atoms with Crippen molar-refractivity contribution in [1.82, 2.24) is 20.0 Å². The number of rotatable bonds is 3. The number of nitrogens with zero attached hydrogens (tertiary/aromatic N) is 3. The van der Waals surface area contributed by atoms with Crippen LogP contribution in [-0.4, -0.2) is 20.0 Å². The molecule has 0 saturated heterocycles. The molecule has 1 N–H and O–H groups in total. The van der Waals surface area contributed by atoms with E-state index in [4.69, 9.17) is 10.2 Å². The molecule has 0 unspecified atom stereocenters. The molecule has 2 aromatic heterocycles. The number of aryl methyl sites for hydroxylation is 2. The molecule has 0 atom stereocenters. The van der Waals surface area contributed by atoms with Crippen LogP contribution in [0.15, 0.2) is 30.3 Å². The Hall–Kier alpha value is -2.62. The molecule has 2 fully saturated rings. The molecule has 0 spiro atoms. The van der Waals surface area contributed by atoms with Crippen molar-refractivity contribution >= 4 is 21.8 Å². The van der Waals surface area contributed by atoms with Gasteiger partial charge in [0.05, 0.1) is 22.4 Å². The highest BCUT2D eigenvalue weighted by atomic mass is 15.3. The van der Waals surface area contributed by atoms with E-state index in [-0.39, 0.29) is 0 Å². The van der Waals surface area contributed by atoms with Crippen LogP contribution in [-0.2, 0) is 0 Å². The van der Waals surface area contributed by atoms with Crippen LogP contribution in [0.4, 0.5) is 0 Å². The van der Waals surface area contributed by atoms with Crippen molar-refractivity contribution in [3.63, 3.8) is 0 Å². The zero-order valence-electron chi connectivity index (χ0n) is 27.2. The predicted molar refractivity (Wildman–Crippen MR) is 183 cm³/mol. The Kier molecular flexibility index (Phi) is 10.5. The summed E-state index contributed by atoms with van der Waals surface area (Å²) in [7, 11) is 0. The molecule has 0 radical (unpaired) electrons. The molecule has 2 aliphatic carbocycles. The van der Waals surface area contributed by atoms with E-state index in [9.17, 15) is 0 Å². The maximum Gasteiger partial charge on any atom is 0.0928 e. The Labute approximate surface area is 260 Å². The SMILES string of the molecule is Cc1c(-n2nc(C3CCCCCCCCCC3)c3c(C)cccc32)ccc2n[nH]c(C3CCCCCCCCCCC3)c12. The summed E-state index contributed by atoms with van der Waals surface area (Å²) in [5, 5.41) is 16.7. The minimum Gasteiger partial charge on any atom is -0.281 e. The van der Waals surface area contributed by atoms with Gasteiger partial charge in [0.1, 0.15) is 0 Å². The third kappa shape index (κ3) is 7.04. The van der Waals surface area contributed by atoms with Gasteiger partial charge in [-0.05, 0) is 68.9 Å². The summed E-state index contributed by atoms with van der Waals surface area (Å²) in [5.41, 5.74) is 9.01. The first-order valence-electron chi connectivity index (χ1n) is 18.2. The van der Waals surface area contributed by atoms with Gasteiger partial charge >= 0.3 is 0 Å². The highest BCUT2D eigenvalue weighted by Gasteiger charge is 2.25. The van der Waals surface area contributed by atoms with Gasteiger partial charge in [0.2, 0.25) is 0 Å². The van der Waals surface area contributed by atoms with Crippen LogP contribution in [0.1, 0.15) is 169 Å². The molecule has 4 heteroatoms. The molecule has 4 nitrogen and oxygen atoms in total. The van der Waals surface area contributed by atoms with Gasteiger partial charge in [0.15, 0.2) is 0 Å². The molecule has 6 rings (SSSR count). The lowest BCUT2D eigenvalue weighted by atomic mass is 9.88. The van der Waals surface area contributed by atoms with Gasteiger partial charge in [-0.1, -0.05) is 121 Å². The fourth-order valence-electron chi connectivity index (χ4n) is 8.38. The summed E-state index contributed by atoms with van der Waals surface area (Å²) in [6, 6.07) is 11.3. The van der Waals surface area contributed by atoms with Crippen LogP contribution in [0.5, 0.6) is 0 Å². The van der Waals surface area contributed by atoms with Crippen molar-refractivity contribution < 1.29 is 0 Å². The third-order valence-corrected chi connectivity index (χ3v) is 10.9. The van der Waals surface area contributed by atoms with Crippen molar-refractivity contribution in [1.29, 1.82) is 0 Å². The van der Waals surface area contributed by atoms with Gasteiger partial charge < -0.3 is 0 Å². The monoisotopic (exact) mass is 580 g/mol. The molecule has 0 amide bonds. The van der Waals surface area contributed by atoms with Crippen molar-refractivity contribution in [2.45, 2.75) is 161 Å². The summed E-state index contributed by atoms with van der Waals surface area (Å²) >= 11 is 0. The lowest BCUT2D eigenvalue weighted by Gasteiger charge is -2.18. The number of aromatic nitrogens is 4. The van der Waals surface area contributed by atoms with E-state index in [1.165, 1.54) is 179 Å². The van der Waals surface area contributed by atoms with Crippen LogP contribution in [0.25, 0.3) is 27.5 Å². The standard InChI is InChI=1S/C39H56N4/c1-29-21-20-26-35-36(29)39(32-24-18-14-10-6-7-11-15-19-25-32)42-43(35)34-28-27-33-37(30(34)2)38(41-40-33)31-22-16-12-8-4-3-5-9-13-17-23-31/h20-21,26-28,31-32H,3-19,22-25H2,1-2H3,(H,40,41). The largest absolute Gasteiger partial charge is 0.281 e. The Morgan fingerprint density at radius 3 is 1.72 bits per heavy atom. The second-order valence-corrected chi connectivity index (χ2v) is 14.1. The zero-order valence-corrected chi connectivity index (χ0v) is 27.2. The molecule has 0 aliphatic heterocycles. The average molecular weight is 581 g/mol. The van der Waals surface area contributed by atoms with Gasteiger partial charge in [-0.25, -0.2) is 4.68 Å². The Morgan fingerprint density at radius 2 is 1.14 bits per heavy atom. The second kappa shape index (κ2) is 14.9. The van der Waals surface area contributed by atoms with Crippen molar-refractivity contribution in [3.05, 3.63) is 52.8 Å². The normalized spacial score (nSPS) is 20.0. The quantitative estimate of drug-likeness (QED) is 0.262. The second-order valence-electron chi connectivity index (χ2n) is 14.1. The first-order chi connectivity index (χ1) is 21.2. The van der Waals surface area contributed by atoms with Crippen LogP contribution in [0.3, 0.4) is 0 Å². The molecule has 2 aromatic carbocycles. The summed E-state index contributed by atoms with van der Waals surface area (Å²) in [5.74, 6) is 1.12. The topological polar surface area (TPSA) is 46.5 Å². The number of H-pyrrole nitrogens is 1. The van der Waals surface area contributed by atoms with Gasteiger partial charge in [-0.3, -0.25) is 5.10 Å². The predicted octanol–water partition coefficient (Wildman–Crippen LogP) is 11.9. The molecule has 43 heavy (non-hydrogen) atoms. The van der Waals surface area contributed by atoms with Crippen LogP contribution >= 0.6 is 0 Å². The van der Waals surface area contributed by atoms with Gasteiger partial charge in [-0.2, -0.15) is 10.2 Å². The number of aromatic amines is 1. The lowest BCUT2D eigenvalue weighted by molar-refractivity contribution is 0.463. The van der Waals surface area contributed by atoms with E-state index in [0.29, 0.717) is 11.8 Å². The smallest absolute Gasteiger partial charge is 0.0928 e. The number of nitrogens with one attached hydrogen (secondary N) is 1. The van der Waals surface area contributed by atoms with Crippen LogP contribution < -0.4 is 0 Å². The first-order valence-corrected chi connectivity index (χ1v) is 18.2. The van der Waals surface area contributed by atoms with Gasteiger partial charge in [0, 0.05) is 28.3 Å². The van der Waals surface area contributed by atoms with Crippen LogP contribution in [0.2, 0.25) is 0 Å². The maximum absolute atomic E-state index is 5.54. The average Bonchev–Trinajstić information content (AvgIpc) is 3.59. The van der Waals surface area contributed by atoms with Gasteiger partial charge in [-0.15, -0.1) is 0 Å². The van der Waals surface area contributed by atoms with Crippen molar-refractivity contribution in [3.8, 4) is 5.69 Å². The molecule has 4 aromatic rings. The fraction of sp³-hybridized carbons (Fsp3) is 0.641. The number of hydrogen-bond acceptors (Lipinski definition) is 2. The summed E-state index contributed by atoms with van der Waals surface area (Å²) in [6.07, 6.45) is 28.6. The minimum atomic E-state index is 0.549. The third-order valence-electron chi connectivity index (χ3n) is 10.9. The highest BCUT2D eigenvalue weighted by molar-refractivity contribution is 5.91. The Bertz CT molecular complexity index is 1440. The van der Waals surface area contributed by atoms with E-state index >= 15 is 0 Å². The number of benzene rings is 2. The summed E-state index contributed by atoms with van der Waals surface area (Å²) in [4.78, 5) is 0. The van der Waals surface area contributed by atoms with Crippen LogP contribution in [0, 0.1) is 13.8 Å². The zero-order chi connectivity index (χ0) is 29.4. The lowest BCUT2D eigenvalue weighted by Crippen LogP contribution is -2.05. The summed E-state index contributed by atoms with van der Waals surface area (Å²) < 4.78 is 2.30. The van der Waals surface area contributed by atoms with Crippen molar-refractivity contribution in [2.24, 2.45) is 0 Å². The van der Waals surface area contributed by atoms with Gasteiger partial charge in [0.25, 0.3) is 0 Å². The molecular formula is C39H56N4. The highest BCUT2D eigenvalue weighted by Crippen LogP contribution is 2.39. The molecule has 2 aliphatic rings. The Morgan fingerprint density at radius 1 is 0.605 bits per heavy atom. The van der Waals surface area contributed by atoms with Crippen molar-refractivity contribution in [2.75, 3.05) is 0 Å². The summed E-state index contributed by atoms with van der Waals surface area (Å²) in [6.45, 7) is 4.61. The fourth-order valence-corrected chi connectivity index (χ4v) is 8.38. The first kappa shape index (κ1) is 30.4. The molecule has 2 saturated carbocycles.